The average Bonchev–Trinajstić information content (AvgIpc) is 2.25. The highest BCUT2D eigenvalue weighted by Gasteiger charge is 2.11. The largest absolute Gasteiger partial charge is 0.478 e. The smallest absolute Gasteiger partial charge is 0.336 e. The molecular formula is C12H10F2O2. The Morgan fingerprint density at radius 1 is 1.31 bits per heavy atom. The van der Waals surface area contributed by atoms with E-state index in [0.29, 0.717) is 5.56 Å². The summed E-state index contributed by atoms with van der Waals surface area (Å²) in [5, 5.41) is 8.87. The molecule has 0 unspecified atom stereocenters. The first-order chi connectivity index (χ1) is 7.56. The SMILES string of the molecule is C=CC=C(C(=O)O)c1ccc(C(F)F)cc1. The molecule has 0 saturated carbocycles. The first-order valence-corrected chi connectivity index (χ1v) is 4.50. The van der Waals surface area contributed by atoms with E-state index in [0.717, 1.165) is 0 Å². The minimum Gasteiger partial charge on any atom is -0.478 e. The number of hydrogen-bond donors (Lipinski definition) is 1. The molecule has 0 bridgehead atoms. The lowest BCUT2D eigenvalue weighted by atomic mass is 10.0. The minimum atomic E-state index is -2.55. The Morgan fingerprint density at radius 3 is 2.25 bits per heavy atom. The molecule has 1 aromatic rings. The lowest BCUT2D eigenvalue weighted by Crippen LogP contribution is -1.99. The summed E-state index contributed by atoms with van der Waals surface area (Å²) in [7, 11) is 0. The van der Waals surface area contributed by atoms with Crippen molar-refractivity contribution in [2.75, 3.05) is 0 Å². The lowest BCUT2D eigenvalue weighted by molar-refractivity contribution is -0.130. The van der Waals surface area contributed by atoms with Crippen molar-refractivity contribution in [3.8, 4) is 0 Å². The van der Waals surface area contributed by atoms with Crippen molar-refractivity contribution in [2.45, 2.75) is 6.43 Å². The van der Waals surface area contributed by atoms with Crippen LogP contribution in [0, 0.1) is 0 Å². The predicted molar refractivity (Wildman–Crippen MR) is 57.2 cm³/mol. The van der Waals surface area contributed by atoms with Crippen molar-refractivity contribution in [1.82, 2.24) is 0 Å². The maximum atomic E-state index is 12.3. The van der Waals surface area contributed by atoms with E-state index >= 15 is 0 Å². The van der Waals surface area contributed by atoms with Crippen LogP contribution in [-0.2, 0) is 4.79 Å². The highest BCUT2D eigenvalue weighted by molar-refractivity contribution is 6.15. The Morgan fingerprint density at radius 2 is 1.88 bits per heavy atom. The molecule has 0 aliphatic rings. The number of hydrogen-bond acceptors (Lipinski definition) is 1. The summed E-state index contributed by atoms with van der Waals surface area (Å²) >= 11 is 0. The molecule has 0 fully saturated rings. The topological polar surface area (TPSA) is 37.3 Å². The number of rotatable bonds is 4. The predicted octanol–water partition coefficient (Wildman–Crippen LogP) is 3.28. The molecular weight excluding hydrogens is 214 g/mol. The number of halogens is 2. The van der Waals surface area contributed by atoms with Crippen LogP contribution in [0.3, 0.4) is 0 Å². The van der Waals surface area contributed by atoms with Crippen molar-refractivity contribution in [2.24, 2.45) is 0 Å². The van der Waals surface area contributed by atoms with Gasteiger partial charge in [-0.2, -0.15) is 0 Å². The molecule has 2 nitrogen and oxygen atoms in total. The monoisotopic (exact) mass is 224 g/mol. The minimum absolute atomic E-state index is 0.0239. The number of allylic oxidation sites excluding steroid dienone is 2. The van der Waals surface area contributed by atoms with E-state index < -0.39 is 12.4 Å². The number of carboxylic acids is 1. The van der Waals surface area contributed by atoms with Crippen LogP contribution in [0.1, 0.15) is 17.6 Å². The molecule has 0 radical (unpaired) electrons. The fourth-order valence-corrected chi connectivity index (χ4v) is 1.22. The molecule has 1 aromatic carbocycles. The van der Waals surface area contributed by atoms with Gasteiger partial charge in [-0.25, -0.2) is 13.6 Å². The van der Waals surface area contributed by atoms with Crippen molar-refractivity contribution in [3.63, 3.8) is 0 Å². The Kier molecular flexibility index (Phi) is 3.94. The second kappa shape index (κ2) is 5.21. The second-order valence-electron chi connectivity index (χ2n) is 3.04. The third kappa shape index (κ3) is 2.76. The molecule has 0 heterocycles. The molecule has 1 N–H and O–H groups in total. The van der Waals surface area contributed by atoms with E-state index in [9.17, 15) is 13.6 Å². The quantitative estimate of drug-likeness (QED) is 0.629. The van der Waals surface area contributed by atoms with E-state index in [2.05, 4.69) is 6.58 Å². The Hall–Kier alpha value is -1.97. The van der Waals surface area contributed by atoms with Crippen molar-refractivity contribution in [3.05, 3.63) is 54.1 Å². The Bertz CT molecular complexity index is 419. The zero-order valence-electron chi connectivity index (χ0n) is 8.36. The molecule has 84 valence electrons. The van der Waals surface area contributed by atoms with E-state index in [4.69, 9.17) is 5.11 Å². The first-order valence-electron chi connectivity index (χ1n) is 4.50. The van der Waals surface area contributed by atoms with Crippen molar-refractivity contribution < 1.29 is 18.7 Å². The van der Waals surface area contributed by atoms with Gasteiger partial charge in [-0.1, -0.05) is 36.9 Å². The molecule has 0 aliphatic carbocycles. The summed E-state index contributed by atoms with van der Waals surface area (Å²) in [6.45, 7) is 3.39. The van der Waals surface area contributed by atoms with Gasteiger partial charge in [-0.05, 0) is 11.6 Å². The molecule has 0 aromatic heterocycles. The van der Waals surface area contributed by atoms with Crippen LogP contribution in [0.2, 0.25) is 0 Å². The fourth-order valence-electron chi connectivity index (χ4n) is 1.22. The maximum Gasteiger partial charge on any atom is 0.336 e. The fraction of sp³-hybridized carbons (Fsp3) is 0.0833. The van der Waals surface area contributed by atoms with Crippen LogP contribution in [0.5, 0.6) is 0 Å². The molecule has 16 heavy (non-hydrogen) atoms. The third-order valence-electron chi connectivity index (χ3n) is 1.99. The number of alkyl halides is 2. The van der Waals surface area contributed by atoms with E-state index in [1.165, 1.54) is 36.4 Å². The van der Waals surface area contributed by atoms with E-state index in [1.807, 2.05) is 0 Å². The van der Waals surface area contributed by atoms with Gasteiger partial charge in [0.1, 0.15) is 0 Å². The van der Waals surface area contributed by atoms with E-state index in [1.54, 1.807) is 0 Å². The zero-order valence-corrected chi connectivity index (χ0v) is 8.36. The maximum absolute atomic E-state index is 12.3. The summed E-state index contributed by atoms with van der Waals surface area (Å²) in [6, 6.07) is 5.12. The average molecular weight is 224 g/mol. The standard InChI is InChI=1S/C12H10F2O2/c1-2-3-10(12(15)16)8-4-6-9(7-5-8)11(13)14/h2-7,11H,1H2,(H,15,16). The zero-order chi connectivity index (χ0) is 12.1. The van der Waals surface area contributed by atoms with Gasteiger partial charge in [-0.15, -0.1) is 0 Å². The van der Waals surface area contributed by atoms with Gasteiger partial charge in [0, 0.05) is 5.56 Å². The molecule has 4 heteroatoms. The highest BCUT2D eigenvalue weighted by atomic mass is 19.3. The third-order valence-corrected chi connectivity index (χ3v) is 1.99. The van der Waals surface area contributed by atoms with Crippen LogP contribution < -0.4 is 0 Å². The number of benzene rings is 1. The molecule has 0 atom stereocenters. The summed E-state index contributed by atoms with van der Waals surface area (Å²) in [5.74, 6) is -1.12. The first kappa shape index (κ1) is 12.1. The van der Waals surface area contributed by atoms with Crippen LogP contribution in [-0.4, -0.2) is 11.1 Å². The molecule has 0 aliphatic heterocycles. The van der Waals surface area contributed by atoms with Crippen molar-refractivity contribution >= 4 is 11.5 Å². The summed E-state index contributed by atoms with van der Waals surface area (Å²) in [6.07, 6.45) is 0.107. The van der Waals surface area contributed by atoms with Crippen LogP contribution in [0.15, 0.2) is 43.0 Å². The molecule has 1 rings (SSSR count). The van der Waals surface area contributed by atoms with Gasteiger partial charge in [0.2, 0.25) is 0 Å². The van der Waals surface area contributed by atoms with E-state index in [-0.39, 0.29) is 11.1 Å². The van der Waals surface area contributed by atoms with Gasteiger partial charge in [0.05, 0.1) is 5.57 Å². The number of aliphatic carboxylic acids is 1. The van der Waals surface area contributed by atoms with Gasteiger partial charge in [0.15, 0.2) is 0 Å². The second-order valence-corrected chi connectivity index (χ2v) is 3.04. The van der Waals surface area contributed by atoms with Crippen molar-refractivity contribution in [1.29, 1.82) is 0 Å². The van der Waals surface area contributed by atoms with Gasteiger partial charge in [-0.3, -0.25) is 0 Å². The lowest BCUT2D eigenvalue weighted by Gasteiger charge is -2.03. The van der Waals surface area contributed by atoms with Crippen LogP contribution in [0.25, 0.3) is 5.57 Å². The highest BCUT2D eigenvalue weighted by Crippen LogP contribution is 2.22. The summed E-state index contributed by atoms with van der Waals surface area (Å²) in [4.78, 5) is 10.8. The van der Waals surface area contributed by atoms with Gasteiger partial charge < -0.3 is 5.11 Å². The van der Waals surface area contributed by atoms with Gasteiger partial charge in [0.25, 0.3) is 6.43 Å². The Balaban J connectivity index is 3.08. The number of carbonyl (C=O) groups is 1. The number of carboxylic acid groups (broad SMARTS) is 1. The molecule has 0 saturated heterocycles. The molecule has 0 amide bonds. The normalized spacial score (nSPS) is 11.6. The van der Waals surface area contributed by atoms with Crippen LogP contribution >= 0.6 is 0 Å². The Labute approximate surface area is 91.5 Å². The molecule has 0 spiro atoms. The van der Waals surface area contributed by atoms with Gasteiger partial charge >= 0.3 is 5.97 Å². The summed E-state index contributed by atoms with van der Waals surface area (Å²) in [5.41, 5.74) is 0.264. The summed E-state index contributed by atoms with van der Waals surface area (Å²) < 4.78 is 24.5. The van der Waals surface area contributed by atoms with Crippen LogP contribution in [0.4, 0.5) is 8.78 Å².